The third-order valence-corrected chi connectivity index (χ3v) is 5.58. The van der Waals surface area contributed by atoms with Crippen molar-refractivity contribution in [2.45, 2.75) is 58.5 Å². The summed E-state index contributed by atoms with van der Waals surface area (Å²) in [6.07, 6.45) is 8.80. The number of nitrogens with one attached hydrogen (secondary N) is 1. The molecule has 3 rings (SSSR count). The van der Waals surface area contributed by atoms with Crippen molar-refractivity contribution in [1.82, 2.24) is 4.57 Å². The Kier molecular flexibility index (Phi) is 8.42. The van der Waals surface area contributed by atoms with E-state index in [9.17, 15) is 18.7 Å². The van der Waals surface area contributed by atoms with Crippen LogP contribution in [0, 0.1) is 11.6 Å². The Morgan fingerprint density at radius 1 is 0.938 bits per heavy atom. The summed E-state index contributed by atoms with van der Waals surface area (Å²) in [4.78, 5) is 11.7. The second-order valence-corrected chi connectivity index (χ2v) is 8.05. The van der Waals surface area contributed by atoms with E-state index in [1.165, 1.54) is 31.7 Å². The maximum atomic E-state index is 13.8. The van der Waals surface area contributed by atoms with Crippen LogP contribution in [0.3, 0.4) is 0 Å². The predicted octanol–water partition coefficient (Wildman–Crippen LogP) is 7.10. The van der Waals surface area contributed by atoms with E-state index >= 15 is 0 Å². The highest BCUT2D eigenvalue weighted by atomic mass is 19.1. The predicted molar refractivity (Wildman–Crippen MR) is 124 cm³/mol. The molecule has 0 aliphatic carbocycles. The topological polar surface area (TPSA) is 54.3 Å². The van der Waals surface area contributed by atoms with E-state index < -0.39 is 17.6 Å². The van der Waals surface area contributed by atoms with Gasteiger partial charge in [-0.1, -0.05) is 51.2 Å². The van der Waals surface area contributed by atoms with Crippen LogP contribution >= 0.6 is 0 Å². The maximum Gasteiger partial charge on any atom is 0.352 e. The molecule has 0 atom stereocenters. The fraction of sp³-hybridized carbons (Fsp3) is 0.346. The molecule has 4 nitrogen and oxygen atoms in total. The van der Waals surface area contributed by atoms with Gasteiger partial charge in [0, 0.05) is 36.1 Å². The average Bonchev–Trinajstić information content (AvgIpc) is 3.22. The van der Waals surface area contributed by atoms with Crippen LogP contribution in [0.1, 0.15) is 61.5 Å². The van der Waals surface area contributed by atoms with Gasteiger partial charge in [0.25, 0.3) is 0 Å². The first kappa shape index (κ1) is 23.5. The number of aryl methyl sites for hydroxylation is 1. The monoisotopic (exact) mass is 440 g/mol. The van der Waals surface area contributed by atoms with E-state index in [1.807, 2.05) is 35.0 Å². The quantitative estimate of drug-likeness (QED) is 0.295. The lowest BCUT2D eigenvalue weighted by atomic mass is 10.1. The van der Waals surface area contributed by atoms with Crippen molar-refractivity contribution in [1.29, 1.82) is 0 Å². The SMILES string of the molecule is CCCCCCCCn1cc(-c2ccc(NCc3cc(F)ccc3F)cc2)cc1C(=O)O. The molecule has 6 heteroatoms. The van der Waals surface area contributed by atoms with Crippen molar-refractivity contribution in [3.63, 3.8) is 0 Å². The normalized spacial score (nSPS) is 11.0. The number of halogens is 2. The zero-order valence-corrected chi connectivity index (χ0v) is 18.4. The molecule has 0 saturated heterocycles. The molecule has 0 radical (unpaired) electrons. The molecule has 1 heterocycles. The number of aromatic nitrogens is 1. The Bertz CT molecular complexity index is 1030. The lowest BCUT2D eigenvalue weighted by molar-refractivity contribution is 0.0685. The molecule has 0 unspecified atom stereocenters. The smallest absolute Gasteiger partial charge is 0.352 e. The number of benzene rings is 2. The first-order valence-electron chi connectivity index (χ1n) is 11.2. The number of carboxylic acids is 1. The number of rotatable bonds is 12. The van der Waals surface area contributed by atoms with Crippen LogP contribution in [0.2, 0.25) is 0 Å². The summed E-state index contributed by atoms with van der Waals surface area (Å²) < 4.78 is 28.9. The summed E-state index contributed by atoms with van der Waals surface area (Å²) >= 11 is 0. The molecule has 2 N–H and O–H groups in total. The van der Waals surface area contributed by atoms with Crippen molar-refractivity contribution in [2.75, 3.05) is 5.32 Å². The van der Waals surface area contributed by atoms with Gasteiger partial charge in [-0.05, 0) is 48.4 Å². The summed E-state index contributed by atoms with van der Waals surface area (Å²) in [5, 5.41) is 12.7. The number of nitrogens with zero attached hydrogens (tertiary/aromatic N) is 1. The van der Waals surface area contributed by atoms with Crippen LogP contribution in [-0.4, -0.2) is 15.6 Å². The highest BCUT2D eigenvalue weighted by Gasteiger charge is 2.13. The first-order valence-corrected chi connectivity index (χ1v) is 11.2. The summed E-state index contributed by atoms with van der Waals surface area (Å²) in [6, 6.07) is 12.6. The molecular formula is C26H30F2N2O2. The van der Waals surface area contributed by atoms with Crippen molar-refractivity contribution in [3.05, 3.63) is 77.6 Å². The molecule has 0 fully saturated rings. The molecule has 170 valence electrons. The molecule has 0 aliphatic heterocycles. The Morgan fingerprint density at radius 2 is 1.66 bits per heavy atom. The van der Waals surface area contributed by atoms with E-state index in [0.717, 1.165) is 41.8 Å². The van der Waals surface area contributed by atoms with Gasteiger partial charge in [-0.2, -0.15) is 0 Å². The van der Waals surface area contributed by atoms with Crippen molar-refractivity contribution in [2.24, 2.45) is 0 Å². The van der Waals surface area contributed by atoms with E-state index in [-0.39, 0.29) is 17.8 Å². The highest BCUT2D eigenvalue weighted by molar-refractivity contribution is 5.88. The number of aromatic carboxylic acids is 1. The van der Waals surface area contributed by atoms with Crippen LogP contribution < -0.4 is 5.32 Å². The molecule has 0 bridgehead atoms. The lowest BCUT2D eigenvalue weighted by Crippen LogP contribution is -2.07. The van der Waals surface area contributed by atoms with Gasteiger partial charge in [-0.3, -0.25) is 0 Å². The van der Waals surface area contributed by atoms with Gasteiger partial charge in [-0.25, -0.2) is 13.6 Å². The standard InChI is InChI=1S/C26H30F2N2O2/c1-2-3-4-5-6-7-14-30-18-21(16-25(30)26(31)32)19-8-11-23(12-9-19)29-17-20-15-22(27)10-13-24(20)28/h8-13,15-16,18,29H,2-7,14,17H2,1H3,(H,31,32). The highest BCUT2D eigenvalue weighted by Crippen LogP contribution is 2.25. The number of carbonyl (C=O) groups is 1. The zero-order chi connectivity index (χ0) is 22.9. The summed E-state index contributed by atoms with van der Waals surface area (Å²) in [7, 11) is 0. The molecule has 32 heavy (non-hydrogen) atoms. The molecule has 1 aromatic heterocycles. The van der Waals surface area contributed by atoms with E-state index in [4.69, 9.17) is 0 Å². The Hall–Kier alpha value is -3.15. The molecular weight excluding hydrogens is 410 g/mol. The second kappa shape index (κ2) is 11.5. The minimum Gasteiger partial charge on any atom is -0.477 e. The minimum absolute atomic E-state index is 0.167. The largest absolute Gasteiger partial charge is 0.477 e. The fourth-order valence-electron chi connectivity index (χ4n) is 3.75. The van der Waals surface area contributed by atoms with Gasteiger partial charge in [0.2, 0.25) is 0 Å². The minimum atomic E-state index is -0.933. The van der Waals surface area contributed by atoms with E-state index in [0.29, 0.717) is 6.54 Å². The molecule has 3 aromatic rings. The van der Waals surface area contributed by atoms with E-state index in [1.54, 1.807) is 6.07 Å². The third-order valence-electron chi connectivity index (χ3n) is 5.58. The lowest BCUT2D eigenvalue weighted by Gasteiger charge is -2.08. The Balaban J connectivity index is 1.63. The van der Waals surface area contributed by atoms with E-state index in [2.05, 4.69) is 12.2 Å². The van der Waals surface area contributed by atoms with Gasteiger partial charge in [-0.15, -0.1) is 0 Å². The number of hydrogen-bond acceptors (Lipinski definition) is 2. The van der Waals surface area contributed by atoms with Crippen LogP contribution in [0.5, 0.6) is 0 Å². The number of hydrogen-bond donors (Lipinski definition) is 2. The second-order valence-electron chi connectivity index (χ2n) is 8.05. The van der Waals surface area contributed by atoms with Gasteiger partial charge in [0.05, 0.1) is 0 Å². The van der Waals surface area contributed by atoms with Gasteiger partial charge < -0.3 is 15.0 Å². The third kappa shape index (κ3) is 6.42. The summed E-state index contributed by atoms with van der Waals surface area (Å²) in [6.45, 7) is 3.04. The molecule has 0 saturated carbocycles. The first-order chi connectivity index (χ1) is 15.5. The van der Waals surface area contributed by atoms with Crippen LogP contribution in [0.15, 0.2) is 54.7 Å². The van der Waals surface area contributed by atoms with Crippen LogP contribution in [0.4, 0.5) is 14.5 Å². The van der Waals surface area contributed by atoms with Gasteiger partial charge in [0.1, 0.15) is 17.3 Å². The van der Waals surface area contributed by atoms with Crippen molar-refractivity contribution in [3.8, 4) is 11.1 Å². The fourth-order valence-corrected chi connectivity index (χ4v) is 3.75. The van der Waals surface area contributed by atoms with Crippen LogP contribution in [-0.2, 0) is 13.1 Å². The van der Waals surface area contributed by atoms with Crippen molar-refractivity contribution < 1.29 is 18.7 Å². The molecule has 0 amide bonds. The number of carboxylic acid groups (broad SMARTS) is 1. The Labute approximate surface area is 187 Å². The van der Waals surface area contributed by atoms with Crippen LogP contribution in [0.25, 0.3) is 11.1 Å². The molecule has 0 spiro atoms. The summed E-state index contributed by atoms with van der Waals surface area (Å²) in [5.74, 6) is -1.86. The zero-order valence-electron chi connectivity index (χ0n) is 18.4. The number of unbranched alkanes of at least 4 members (excludes halogenated alkanes) is 5. The van der Waals surface area contributed by atoms with Crippen molar-refractivity contribution >= 4 is 11.7 Å². The van der Waals surface area contributed by atoms with Gasteiger partial charge >= 0.3 is 5.97 Å². The maximum absolute atomic E-state index is 13.8. The Morgan fingerprint density at radius 3 is 2.38 bits per heavy atom. The van der Waals surface area contributed by atoms with Gasteiger partial charge in [0.15, 0.2) is 0 Å². The molecule has 0 aliphatic rings. The molecule has 2 aromatic carbocycles. The number of anilines is 1. The average molecular weight is 441 g/mol. The summed E-state index contributed by atoms with van der Waals surface area (Å²) in [5.41, 5.74) is 3.06.